The number of rotatable bonds is 5. The third-order valence-corrected chi connectivity index (χ3v) is 7.01. The van der Waals surface area contributed by atoms with Crippen LogP contribution in [0.15, 0.2) is 47.4 Å². The molecular formula is C21H23N3O4S. The molecule has 2 aromatic rings. The lowest BCUT2D eigenvalue weighted by molar-refractivity contribution is -0.134. The summed E-state index contributed by atoms with van der Waals surface area (Å²) in [6.07, 6.45) is 0. The molecule has 1 fully saturated rings. The van der Waals surface area contributed by atoms with Crippen LogP contribution >= 0.6 is 0 Å². The number of aryl methyl sites for hydroxylation is 2. The van der Waals surface area contributed by atoms with E-state index in [1.807, 2.05) is 38.1 Å². The SMILES string of the molecule is Cc1ccc(OCC(=O)N2CCN(S(=O)(=O)c3ccccc3C#N)CC2)cc1C. The molecule has 29 heavy (non-hydrogen) atoms. The lowest BCUT2D eigenvalue weighted by atomic mass is 10.1. The van der Waals surface area contributed by atoms with Crippen LogP contribution in [0.2, 0.25) is 0 Å². The summed E-state index contributed by atoms with van der Waals surface area (Å²) in [6, 6.07) is 13.7. The number of amides is 1. The van der Waals surface area contributed by atoms with Crippen LogP contribution in [-0.4, -0.2) is 56.3 Å². The highest BCUT2D eigenvalue weighted by Gasteiger charge is 2.31. The van der Waals surface area contributed by atoms with Crippen molar-refractivity contribution in [3.05, 3.63) is 59.2 Å². The minimum atomic E-state index is -3.78. The highest BCUT2D eigenvalue weighted by Crippen LogP contribution is 2.21. The average Bonchev–Trinajstić information content (AvgIpc) is 2.74. The number of nitriles is 1. The molecule has 0 atom stereocenters. The number of hydrogen-bond acceptors (Lipinski definition) is 5. The van der Waals surface area contributed by atoms with Gasteiger partial charge in [0, 0.05) is 26.2 Å². The Kier molecular flexibility index (Phi) is 6.20. The first-order valence-corrected chi connectivity index (χ1v) is 10.7. The van der Waals surface area contributed by atoms with E-state index in [4.69, 9.17) is 4.74 Å². The molecule has 1 aliphatic rings. The molecule has 0 spiro atoms. The average molecular weight is 413 g/mol. The Labute approximate surface area is 171 Å². The van der Waals surface area contributed by atoms with Crippen LogP contribution in [-0.2, 0) is 14.8 Å². The summed E-state index contributed by atoms with van der Waals surface area (Å²) in [4.78, 5) is 14.0. The molecule has 0 saturated carbocycles. The zero-order valence-corrected chi connectivity index (χ0v) is 17.3. The van der Waals surface area contributed by atoms with Gasteiger partial charge < -0.3 is 9.64 Å². The van der Waals surface area contributed by atoms with E-state index in [9.17, 15) is 18.5 Å². The van der Waals surface area contributed by atoms with Crippen molar-refractivity contribution >= 4 is 15.9 Å². The summed E-state index contributed by atoms with van der Waals surface area (Å²) in [7, 11) is -3.78. The Morgan fingerprint density at radius 3 is 2.41 bits per heavy atom. The van der Waals surface area contributed by atoms with Crippen LogP contribution in [0, 0.1) is 25.2 Å². The van der Waals surface area contributed by atoms with Crippen molar-refractivity contribution in [2.75, 3.05) is 32.8 Å². The minimum absolute atomic E-state index is 0.000325. The first kappa shape index (κ1) is 20.8. The smallest absolute Gasteiger partial charge is 0.260 e. The van der Waals surface area contributed by atoms with Gasteiger partial charge in [0.05, 0.1) is 10.5 Å². The van der Waals surface area contributed by atoms with Crippen molar-refractivity contribution in [3.63, 3.8) is 0 Å². The maximum atomic E-state index is 12.9. The molecule has 1 amide bonds. The van der Waals surface area contributed by atoms with Crippen LogP contribution in [0.1, 0.15) is 16.7 Å². The van der Waals surface area contributed by atoms with Gasteiger partial charge >= 0.3 is 0 Å². The number of sulfonamides is 1. The van der Waals surface area contributed by atoms with Crippen LogP contribution < -0.4 is 4.74 Å². The molecule has 3 rings (SSSR count). The van der Waals surface area contributed by atoms with Gasteiger partial charge in [-0.1, -0.05) is 18.2 Å². The van der Waals surface area contributed by atoms with E-state index in [0.29, 0.717) is 5.75 Å². The van der Waals surface area contributed by atoms with Crippen LogP contribution in [0.25, 0.3) is 0 Å². The maximum absolute atomic E-state index is 12.9. The lowest BCUT2D eigenvalue weighted by Crippen LogP contribution is -2.51. The molecule has 7 nitrogen and oxygen atoms in total. The fraction of sp³-hybridized carbons (Fsp3) is 0.333. The van der Waals surface area contributed by atoms with Gasteiger partial charge in [-0.15, -0.1) is 0 Å². The van der Waals surface area contributed by atoms with Crippen molar-refractivity contribution in [3.8, 4) is 11.8 Å². The summed E-state index contributed by atoms with van der Waals surface area (Å²) >= 11 is 0. The van der Waals surface area contributed by atoms with Crippen LogP contribution in [0.3, 0.4) is 0 Å². The summed E-state index contributed by atoms with van der Waals surface area (Å²) in [5.74, 6) is 0.452. The lowest BCUT2D eigenvalue weighted by Gasteiger charge is -2.34. The van der Waals surface area contributed by atoms with Crippen LogP contribution in [0.5, 0.6) is 5.75 Å². The summed E-state index contributed by atoms with van der Waals surface area (Å²) < 4.78 is 32.6. The Bertz CT molecular complexity index is 1050. The van der Waals surface area contributed by atoms with E-state index < -0.39 is 10.0 Å². The highest BCUT2D eigenvalue weighted by atomic mass is 32.2. The second-order valence-corrected chi connectivity index (χ2v) is 8.83. The van der Waals surface area contributed by atoms with Gasteiger partial charge in [-0.3, -0.25) is 4.79 Å². The zero-order valence-electron chi connectivity index (χ0n) is 16.5. The Balaban J connectivity index is 1.59. The number of hydrogen-bond donors (Lipinski definition) is 0. The summed E-state index contributed by atoms with van der Waals surface area (Å²) in [6.45, 7) is 4.81. The predicted molar refractivity (Wildman–Crippen MR) is 108 cm³/mol. The molecule has 0 N–H and O–H groups in total. The van der Waals surface area contributed by atoms with Gasteiger partial charge in [-0.05, 0) is 49.2 Å². The number of nitrogens with zero attached hydrogens (tertiary/aromatic N) is 3. The fourth-order valence-corrected chi connectivity index (χ4v) is 4.71. The number of piperazine rings is 1. The van der Waals surface area contributed by atoms with E-state index in [0.717, 1.165) is 11.1 Å². The zero-order chi connectivity index (χ0) is 21.0. The molecule has 1 saturated heterocycles. The Morgan fingerprint density at radius 1 is 1.07 bits per heavy atom. The summed E-state index contributed by atoms with van der Waals surface area (Å²) in [5, 5.41) is 9.18. The molecule has 0 bridgehead atoms. The molecule has 152 valence electrons. The predicted octanol–water partition coefficient (Wildman–Crippen LogP) is 2.09. The Morgan fingerprint density at radius 2 is 1.76 bits per heavy atom. The first-order chi connectivity index (χ1) is 13.8. The van der Waals surface area contributed by atoms with E-state index in [-0.39, 0.29) is 49.2 Å². The van der Waals surface area contributed by atoms with Crippen molar-refractivity contribution in [2.45, 2.75) is 18.7 Å². The Hall–Kier alpha value is -2.89. The highest BCUT2D eigenvalue weighted by molar-refractivity contribution is 7.89. The molecule has 2 aromatic carbocycles. The first-order valence-electron chi connectivity index (χ1n) is 9.30. The van der Waals surface area contributed by atoms with E-state index >= 15 is 0 Å². The van der Waals surface area contributed by atoms with Crippen LogP contribution in [0.4, 0.5) is 0 Å². The topological polar surface area (TPSA) is 90.7 Å². The number of benzene rings is 2. The second kappa shape index (κ2) is 8.64. The minimum Gasteiger partial charge on any atom is -0.484 e. The molecule has 0 unspecified atom stereocenters. The van der Waals surface area contributed by atoms with Gasteiger partial charge in [0.2, 0.25) is 10.0 Å². The number of ether oxygens (including phenoxy) is 1. The fourth-order valence-electron chi connectivity index (χ4n) is 3.14. The molecule has 1 aliphatic heterocycles. The molecule has 0 aromatic heterocycles. The third-order valence-electron chi connectivity index (χ3n) is 5.06. The van der Waals surface area contributed by atoms with Gasteiger partial charge in [-0.2, -0.15) is 9.57 Å². The second-order valence-electron chi connectivity index (χ2n) is 6.93. The van der Waals surface area contributed by atoms with Gasteiger partial charge in [0.15, 0.2) is 6.61 Å². The number of carbonyl (C=O) groups is 1. The van der Waals surface area contributed by atoms with E-state index in [2.05, 4.69) is 0 Å². The molecule has 0 radical (unpaired) electrons. The molecule has 8 heteroatoms. The number of carbonyl (C=O) groups excluding carboxylic acids is 1. The molecule has 0 aliphatic carbocycles. The van der Waals surface area contributed by atoms with Crippen molar-refractivity contribution in [2.24, 2.45) is 0 Å². The summed E-state index contributed by atoms with van der Waals surface area (Å²) in [5.41, 5.74) is 2.36. The molecular weight excluding hydrogens is 390 g/mol. The quantitative estimate of drug-likeness (QED) is 0.749. The normalized spacial score (nSPS) is 15.0. The van der Waals surface area contributed by atoms with Crippen molar-refractivity contribution < 1.29 is 17.9 Å². The van der Waals surface area contributed by atoms with E-state index in [1.54, 1.807) is 17.0 Å². The monoisotopic (exact) mass is 413 g/mol. The van der Waals surface area contributed by atoms with Gasteiger partial charge in [0.1, 0.15) is 11.8 Å². The maximum Gasteiger partial charge on any atom is 0.260 e. The van der Waals surface area contributed by atoms with Crippen molar-refractivity contribution in [1.29, 1.82) is 5.26 Å². The third kappa shape index (κ3) is 4.58. The van der Waals surface area contributed by atoms with Gasteiger partial charge in [0.25, 0.3) is 5.91 Å². The largest absolute Gasteiger partial charge is 0.484 e. The van der Waals surface area contributed by atoms with E-state index in [1.165, 1.54) is 16.4 Å². The van der Waals surface area contributed by atoms with Gasteiger partial charge in [-0.25, -0.2) is 8.42 Å². The standard InChI is InChI=1S/C21H23N3O4S/c1-16-7-8-19(13-17(16)2)28-15-21(25)23-9-11-24(12-10-23)29(26,27)20-6-4-3-5-18(20)14-22/h3-8,13H,9-12,15H2,1-2H3. The van der Waals surface area contributed by atoms with Crippen molar-refractivity contribution in [1.82, 2.24) is 9.21 Å². The molecule has 1 heterocycles.